The third-order valence-corrected chi connectivity index (χ3v) is 8.56. The molecule has 4 aromatic carbocycles. The summed E-state index contributed by atoms with van der Waals surface area (Å²) >= 11 is 3.01. The maximum atomic E-state index is 12.9. The smallest absolute Gasteiger partial charge is 0.234 e. The van der Waals surface area contributed by atoms with Gasteiger partial charge in [0.05, 0.1) is 23.1 Å². The van der Waals surface area contributed by atoms with Crippen molar-refractivity contribution in [2.45, 2.75) is 19.0 Å². The largest absolute Gasteiger partial charge is 0.497 e. The zero-order valence-electron chi connectivity index (χ0n) is 22.8. The Morgan fingerprint density at radius 1 is 0.878 bits per heavy atom. The van der Waals surface area contributed by atoms with E-state index in [0.29, 0.717) is 11.0 Å². The number of amides is 1. The molecular weight excluding hydrogens is 551 g/mol. The van der Waals surface area contributed by atoms with Crippen LogP contribution in [0.1, 0.15) is 11.1 Å². The third kappa shape index (κ3) is 5.86. The number of carbonyl (C=O) groups excluding carboxylic acids is 1. The van der Waals surface area contributed by atoms with Crippen LogP contribution in [0.25, 0.3) is 37.9 Å². The number of hydrogen-bond acceptors (Lipinski definition) is 7. The third-order valence-electron chi connectivity index (χ3n) is 6.57. The first-order valence-electron chi connectivity index (χ1n) is 13.0. The number of benzene rings is 4. The van der Waals surface area contributed by atoms with Gasteiger partial charge in [0.2, 0.25) is 5.91 Å². The van der Waals surface area contributed by atoms with Crippen LogP contribution in [0.15, 0.2) is 96.2 Å². The minimum atomic E-state index is -0.123. The van der Waals surface area contributed by atoms with Gasteiger partial charge in [-0.1, -0.05) is 35.5 Å². The molecule has 6 aromatic rings. The highest BCUT2D eigenvalue weighted by Crippen LogP contribution is 2.32. The van der Waals surface area contributed by atoms with Gasteiger partial charge in [-0.2, -0.15) is 0 Å². The lowest BCUT2D eigenvalue weighted by atomic mass is 10.2. The monoisotopic (exact) mass is 577 g/mol. The van der Waals surface area contributed by atoms with Gasteiger partial charge in [0.15, 0.2) is 11.0 Å². The number of carbonyl (C=O) groups is 1. The van der Waals surface area contributed by atoms with Crippen LogP contribution < -0.4 is 10.1 Å². The molecule has 6 rings (SSSR count). The van der Waals surface area contributed by atoms with Crippen LogP contribution in [0.2, 0.25) is 0 Å². The van der Waals surface area contributed by atoms with Crippen molar-refractivity contribution in [3.63, 3.8) is 0 Å². The predicted octanol–water partition coefficient (Wildman–Crippen LogP) is 7.57. The SMILES string of the molecule is COc1ccc(-c2nnc(SCC(=O)Nc3ccc(-c4nc5ccc(C)cc5s4)cc3)n2-c2ccc(C)cc2)cc1. The second-order valence-electron chi connectivity index (χ2n) is 9.61. The zero-order valence-corrected chi connectivity index (χ0v) is 24.4. The summed E-state index contributed by atoms with van der Waals surface area (Å²) in [4.78, 5) is 17.7. The molecule has 0 radical (unpaired) electrons. The average molecular weight is 578 g/mol. The van der Waals surface area contributed by atoms with E-state index < -0.39 is 0 Å². The van der Waals surface area contributed by atoms with Gasteiger partial charge in [0.1, 0.15) is 10.8 Å². The molecule has 0 bridgehead atoms. The van der Waals surface area contributed by atoms with Gasteiger partial charge in [-0.25, -0.2) is 4.98 Å². The van der Waals surface area contributed by atoms with Gasteiger partial charge in [-0.15, -0.1) is 21.5 Å². The van der Waals surface area contributed by atoms with Crippen molar-refractivity contribution in [1.29, 1.82) is 0 Å². The minimum Gasteiger partial charge on any atom is -0.497 e. The molecule has 204 valence electrons. The van der Waals surface area contributed by atoms with Gasteiger partial charge in [0, 0.05) is 22.5 Å². The van der Waals surface area contributed by atoms with Crippen molar-refractivity contribution in [2.24, 2.45) is 0 Å². The van der Waals surface area contributed by atoms with Gasteiger partial charge < -0.3 is 10.1 Å². The van der Waals surface area contributed by atoms with E-state index >= 15 is 0 Å². The highest BCUT2D eigenvalue weighted by atomic mass is 32.2. The number of aryl methyl sites for hydroxylation is 2. The summed E-state index contributed by atoms with van der Waals surface area (Å²) in [7, 11) is 1.64. The summed E-state index contributed by atoms with van der Waals surface area (Å²) in [5.41, 5.74) is 6.96. The Kier molecular flexibility index (Phi) is 7.54. The number of nitrogens with one attached hydrogen (secondary N) is 1. The molecule has 0 spiro atoms. The fraction of sp³-hybridized carbons (Fsp3) is 0.125. The number of ether oxygens (including phenoxy) is 1. The van der Waals surface area contributed by atoms with Crippen LogP contribution in [-0.2, 0) is 4.79 Å². The van der Waals surface area contributed by atoms with E-state index in [-0.39, 0.29) is 11.7 Å². The van der Waals surface area contributed by atoms with Crippen LogP contribution in [0, 0.1) is 13.8 Å². The molecule has 0 aliphatic heterocycles. The molecule has 0 atom stereocenters. The summed E-state index contributed by atoms with van der Waals surface area (Å²) in [5.74, 6) is 1.53. The maximum absolute atomic E-state index is 12.9. The molecular formula is C32H27N5O2S2. The van der Waals surface area contributed by atoms with E-state index in [0.717, 1.165) is 44.3 Å². The van der Waals surface area contributed by atoms with E-state index in [9.17, 15) is 4.79 Å². The standard InChI is InChI=1S/C32H27N5O2S2/c1-20-4-13-25(14-5-20)37-30(22-9-15-26(39-3)16-10-22)35-36-32(37)40-19-29(38)33-24-11-7-23(8-12-24)31-34-27-17-6-21(2)18-28(27)41-31/h4-18H,19H2,1-3H3,(H,33,38). The number of methoxy groups -OCH3 is 1. The molecule has 0 saturated carbocycles. The van der Waals surface area contributed by atoms with Crippen LogP contribution in [-0.4, -0.2) is 38.5 Å². The quantitative estimate of drug-likeness (QED) is 0.188. The highest BCUT2D eigenvalue weighted by Gasteiger charge is 2.18. The number of rotatable bonds is 8. The molecule has 41 heavy (non-hydrogen) atoms. The Hall–Kier alpha value is -4.47. The number of anilines is 1. The molecule has 0 saturated heterocycles. The van der Waals surface area contributed by atoms with E-state index in [2.05, 4.69) is 40.6 Å². The number of thiazole rings is 1. The normalized spacial score (nSPS) is 11.1. The number of thioether (sulfide) groups is 1. The summed E-state index contributed by atoms with van der Waals surface area (Å²) < 4.78 is 8.45. The van der Waals surface area contributed by atoms with Crippen molar-refractivity contribution >= 4 is 44.9 Å². The van der Waals surface area contributed by atoms with Crippen molar-refractivity contribution in [3.8, 4) is 33.4 Å². The lowest BCUT2D eigenvalue weighted by Crippen LogP contribution is -2.14. The highest BCUT2D eigenvalue weighted by molar-refractivity contribution is 7.99. The van der Waals surface area contributed by atoms with Gasteiger partial charge in [0.25, 0.3) is 0 Å². The summed E-state index contributed by atoms with van der Waals surface area (Å²) in [6, 6.07) is 29.9. The van der Waals surface area contributed by atoms with Crippen LogP contribution >= 0.6 is 23.1 Å². The number of aromatic nitrogens is 4. The Morgan fingerprint density at radius 2 is 1.59 bits per heavy atom. The van der Waals surface area contributed by atoms with E-state index in [1.807, 2.05) is 84.3 Å². The first-order chi connectivity index (χ1) is 20.0. The van der Waals surface area contributed by atoms with Crippen molar-refractivity contribution < 1.29 is 9.53 Å². The number of nitrogens with zero attached hydrogens (tertiary/aromatic N) is 4. The van der Waals surface area contributed by atoms with Crippen molar-refractivity contribution in [3.05, 3.63) is 102 Å². The fourth-order valence-corrected chi connectivity index (χ4v) is 6.22. The summed E-state index contributed by atoms with van der Waals surface area (Å²) in [6.45, 7) is 4.13. The molecule has 9 heteroatoms. The molecule has 0 aliphatic rings. The zero-order chi connectivity index (χ0) is 28.3. The Morgan fingerprint density at radius 3 is 2.32 bits per heavy atom. The van der Waals surface area contributed by atoms with Crippen molar-refractivity contribution in [1.82, 2.24) is 19.7 Å². The van der Waals surface area contributed by atoms with Crippen LogP contribution in [0.3, 0.4) is 0 Å². The number of fused-ring (bicyclic) bond motifs is 1. The second kappa shape index (κ2) is 11.6. The van der Waals surface area contributed by atoms with Crippen LogP contribution in [0.4, 0.5) is 5.69 Å². The lowest BCUT2D eigenvalue weighted by Gasteiger charge is -2.11. The molecule has 2 aromatic heterocycles. The molecule has 0 unspecified atom stereocenters. The fourth-order valence-electron chi connectivity index (χ4n) is 4.40. The average Bonchev–Trinajstić information content (AvgIpc) is 3.61. The predicted molar refractivity (Wildman–Crippen MR) is 167 cm³/mol. The molecule has 0 aliphatic carbocycles. The topological polar surface area (TPSA) is 81.9 Å². The van der Waals surface area contributed by atoms with E-state index in [1.165, 1.54) is 22.0 Å². The molecule has 1 amide bonds. The Balaban J connectivity index is 1.17. The number of hydrogen-bond donors (Lipinski definition) is 1. The Bertz CT molecular complexity index is 1830. The molecule has 2 heterocycles. The van der Waals surface area contributed by atoms with Gasteiger partial charge in [-0.3, -0.25) is 9.36 Å². The van der Waals surface area contributed by atoms with E-state index in [4.69, 9.17) is 9.72 Å². The van der Waals surface area contributed by atoms with Gasteiger partial charge >= 0.3 is 0 Å². The lowest BCUT2D eigenvalue weighted by molar-refractivity contribution is -0.113. The van der Waals surface area contributed by atoms with Gasteiger partial charge in [-0.05, 0) is 92.2 Å². The maximum Gasteiger partial charge on any atom is 0.234 e. The van der Waals surface area contributed by atoms with Crippen LogP contribution in [0.5, 0.6) is 5.75 Å². The first-order valence-corrected chi connectivity index (χ1v) is 14.8. The Labute approximate surface area is 246 Å². The first kappa shape index (κ1) is 26.7. The van der Waals surface area contributed by atoms with E-state index in [1.54, 1.807) is 18.4 Å². The minimum absolute atomic E-state index is 0.123. The molecule has 1 N–H and O–H groups in total. The molecule has 0 fully saturated rings. The molecule has 7 nitrogen and oxygen atoms in total. The van der Waals surface area contributed by atoms with Crippen molar-refractivity contribution in [2.75, 3.05) is 18.2 Å². The summed E-state index contributed by atoms with van der Waals surface area (Å²) in [5, 5.41) is 13.5. The second-order valence-corrected chi connectivity index (χ2v) is 11.6. The summed E-state index contributed by atoms with van der Waals surface area (Å²) in [6.07, 6.45) is 0.